The van der Waals surface area contributed by atoms with Crippen LogP contribution in [0.4, 0.5) is 11.4 Å². The Morgan fingerprint density at radius 3 is 2.33 bits per heavy atom. The smallest absolute Gasteiger partial charge is 0.238 e. The Hall–Kier alpha value is -2.71. The maximum absolute atomic E-state index is 12.5. The van der Waals surface area contributed by atoms with Gasteiger partial charge in [-0.3, -0.25) is 9.59 Å². The molecule has 7 nitrogen and oxygen atoms in total. The summed E-state index contributed by atoms with van der Waals surface area (Å²) in [5.74, 6) is -0.843. The molecule has 0 aromatic heterocycles. The van der Waals surface area contributed by atoms with Gasteiger partial charge in [-0.2, -0.15) is 0 Å². The van der Waals surface area contributed by atoms with Crippen molar-refractivity contribution < 1.29 is 18.0 Å². The number of primary sulfonamides is 1. The van der Waals surface area contributed by atoms with Crippen molar-refractivity contribution in [3.8, 4) is 0 Å². The van der Waals surface area contributed by atoms with Gasteiger partial charge in [0.1, 0.15) is 0 Å². The second-order valence-corrected chi connectivity index (χ2v) is 8.05. The number of carbonyl (C=O) groups is 2. The maximum Gasteiger partial charge on any atom is 0.238 e. The van der Waals surface area contributed by atoms with Crippen molar-refractivity contribution in [3.63, 3.8) is 0 Å². The number of sulfonamides is 1. The lowest BCUT2D eigenvalue weighted by Crippen LogP contribution is -2.28. The van der Waals surface area contributed by atoms with E-state index in [1.54, 1.807) is 4.90 Å². The van der Waals surface area contributed by atoms with Crippen LogP contribution in [0.15, 0.2) is 53.4 Å². The van der Waals surface area contributed by atoms with Gasteiger partial charge in [0.15, 0.2) is 0 Å². The summed E-state index contributed by atoms with van der Waals surface area (Å²) in [4.78, 5) is 26.4. The molecule has 27 heavy (non-hydrogen) atoms. The third-order valence-corrected chi connectivity index (χ3v) is 5.53. The zero-order valence-electron chi connectivity index (χ0n) is 14.9. The van der Waals surface area contributed by atoms with Crippen molar-refractivity contribution in [2.24, 2.45) is 11.1 Å². The van der Waals surface area contributed by atoms with E-state index < -0.39 is 15.9 Å². The lowest BCUT2D eigenvalue weighted by atomic mass is 10.1. The van der Waals surface area contributed by atoms with Gasteiger partial charge in [-0.1, -0.05) is 19.1 Å². The molecule has 2 amide bonds. The number of amides is 2. The number of nitrogens with two attached hydrogens (primary N) is 1. The third kappa shape index (κ3) is 4.35. The number of hydrogen-bond acceptors (Lipinski definition) is 4. The normalized spacial score (nSPS) is 17.2. The van der Waals surface area contributed by atoms with Crippen LogP contribution in [-0.4, -0.2) is 26.8 Å². The molecule has 0 saturated carbocycles. The van der Waals surface area contributed by atoms with E-state index in [1.807, 2.05) is 24.3 Å². The minimum Gasteiger partial charge on any atom is -0.326 e. The molecule has 1 aliphatic rings. The highest BCUT2D eigenvalue weighted by molar-refractivity contribution is 7.89. The highest BCUT2D eigenvalue weighted by Gasteiger charge is 2.35. The van der Waals surface area contributed by atoms with E-state index in [-0.39, 0.29) is 23.1 Å². The van der Waals surface area contributed by atoms with Crippen LogP contribution in [0.5, 0.6) is 0 Å². The summed E-state index contributed by atoms with van der Waals surface area (Å²) >= 11 is 0. The molecule has 0 spiro atoms. The minimum absolute atomic E-state index is 0.0294. The summed E-state index contributed by atoms with van der Waals surface area (Å²) < 4.78 is 22.5. The molecule has 0 unspecified atom stereocenters. The summed E-state index contributed by atoms with van der Waals surface area (Å²) in [7, 11) is -3.78. The molecule has 2 aromatic rings. The van der Waals surface area contributed by atoms with E-state index >= 15 is 0 Å². The van der Waals surface area contributed by atoms with E-state index in [1.165, 1.54) is 29.8 Å². The molecule has 142 valence electrons. The second-order valence-electron chi connectivity index (χ2n) is 6.48. The van der Waals surface area contributed by atoms with E-state index in [0.29, 0.717) is 12.2 Å². The van der Waals surface area contributed by atoms with Gasteiger partial charge in [0, 0.05) is 24.3 Å². The quantitative estimate of drug-likeness (QED) is 0.816. The van der Waals surface area contributed by atoms with E-state index in [0.717, 1.165) is 12.1 Å². The van der Waals surface area contributed by atoms with Crippen LogP contribution < -0.4 is 15.4 Å². The zero-order valence-corrected chi connectivity index (χ0v) is 15.7. The first kappa shape index (κ1) is 19.1. The van der Waals surface area contributed by atoms with Gasteiger partial charge in [-0.15, -0.1) is 0 Å². The van der Waals surface area contributed by atoms with Crippen molar-refractivity contribution >= 4 is 33.2 Å². The average Bonchev–Trinajstić information content (AvgIpc) is 3.03. The molecule has 1 atom stereocenters. The highest BCUT2D eigenvalue weighted by Crippen LogP contribution is 2.26. The van der Waals surface area contributed by atoms with Gasteiger partial charge >= 0.3 is 0 Å². The topological polar surface area (TPSA) is 110 Å². The fourth-order valence-corrected chi connectivity index (χ4v) is 3.53. The average molecular weight is 387 g/mol. The van der Waals surface area contributed by atoms with Crippen LogP contribution in [0, 0.1) is 5.92 Å². The number of rotatable bonds is 5. The standard InChI is InChI=1S/C19H21N3O4S/c1-2-13-3-7-16(8-4-13)22-12-14(11-18(22)23)19(24)21-15-5-9-17(10-6-15)27(20,25)26/h3-10,14H,2,11-12H2,1H3,(H,21,24)(H2,20,25,26)/t14-/m0/s1. The van der Waals surface area contributed by atoms with Crippen molar-refractivity contribution in [3.05, 3.63) is 54.1 Å². The van der Waals surface area contributed by atoms with Crippen LogP contribution in [0.2, 0.25) is 0 Å². The number of carbonyl (C=O) groups excluding carboxylic acids is 2. The van der Waals surface area contributed by atoms with Gasteiger partial charge in [0.2, 0.25) is 21.8 Å². The minimum atomic E-state index is -3.78. The van der Waals surface area contributed by atoms with Gasteiger partial charge in [-0.25, -0.2) is 13.6 Å². The van der Waals surface area contributed by atoms with Crippen LogP contribution >= 0.6 is 0 Å². The highest BCUT2D eigenvalue weighted by atomic mass is 32.2. The van der Waals surface area contributed by atoms with E-state index in [9.17, 15) is 18.0 Å². The molecule has 3 rings (SSSR count). The number of nitrogens with one attached hydrogen (secondary N) is 1. The summed E-state index contributed by atoms with van der Waals surface area (Å²) in [6.45, 7) is 2.37. The maximum atomic E-state index is 12.5. The lowest BCUT2D eigenvalue weighted by molar-refractivity contribution is -0.122. The number of aryl methyl sites for hydroxylation is 1. The summed E-state index contributed by atoms with van der Waals surface area (Å²) in [5.41, 5.74) is 2.42. The molecule has 1 heterocycles. The van der Waals surface area contributed by atoms with Gasteiger partial charge in [0.25, 0.3) is 0 Å². The largest absolute Gasteiger partial charge is 0.326 e. The first-order chi connectivity index (χ1) is 12.8. The van der Waals surface area contributed by atoms with Crippen molar-refractivity contribution in [1.82, 2.24) is 0 Å². The molecule has 0 bridgehead atoms. The molecule has 8 heteroatoms. The Labute approximate surface area is 158 Å². The Kier molecular flexibility index (Phi) is 5.29. The Bertz CT molecular complexity index is 953. The molecule has 3 N–H and O–H groups in total. The van der Waals surface area contributed by atoms with E-state index in [4.69, 9.17) is 5.14 Å². The summed E-state index contributed by atoms with van der Waals surface area (Å²) in [6.07, 6.45) is 1.06. The molecule has 1 saturated heterocycles. The molecule has 2 aromatic carbocycles. The van der Waals surface area contributed by atoms with Crippen molar-refractivity contribution in [2.45, 2.75) is 24.7 Å². The molecule has 0 aliphatic carbocycles. The third-order valence-electron chi connectivity index (χ3n) is 4.60. The van der Waals surface area contributed by atoms with Crippen LogP contribution in [0.1, 0.15) is 18.9 Å². The number of anilines is 2. The van der Waals surface area contributed by atoms with Crippen molar-refractivity contribution in [1.29, 1.82) is 0 Å². The molecular formula is C19H21N3O4S. The lowest BCUT2D eigenvalue weighted by Gasteiger charge is -2.17. The van der Waals surface area contributed by atoms with Gasteiger partial charge in [0.05, 0.1) is 10.8 Å². The molecule has 1 fully saturated rings. The Morgan fingerprint density at radius 1 is 1.15 bits per heavy atom. The summed E-state index contributed by atoms with van der Waals surface area (Å²) in [5, 5.41) is 7.77. The fourth-order valence-electron chi connectivity index (χ4n) is 3.02. The molecule has 0 radical (unpaired) electrons. The predicted octanol–water partition coefficient (Wildman–Crippen LogP) is 1.89. The van der Waals surface area contributed by atoms with Crippen molar-refractivity contribution in [2.75, 3.05) is 16.8 Å². The Balaban J connectivity index is 1.66. The van der Waals surface area contributed by atoms with Crippen LogP contribution in [-0.2, 0) is 26.0 Å². The monoisotopic (exact) mass is 387 g/mol. The predicted molar refractivity (Wildman–Crippen MR) is 103 cm³/mol. The SMILES string of the molecule is CCc1ccc(N2C[C@@H](C(=O)Nc3ccc(S(N)(=O)=O)cc3)CC2=O)cc1. The van der Waals surface area contributed by atoms with Gasteiger partial charge in [-0.05, 0) is 48.4 Å². The van der Waals surface area contributed by atoms with E-state index in [2.05, 4.69) is 12.2 Å². The first-order valence-corrected chi connectivity index (χ1v) is 10.2. The molecule has 1 aliphatic heterocycles. The molecular weight excluding hydrogens is 366 g/mol. The van der Waals surface area contributed by atoms with Crippen LogP contribution in [0.25, 0.3) is 0 Å². The van der Waals surface area contributed by atoms with Gasteiger partial charge < -0.3 is 10.2 Å². The Morgan fingerprint density at radius 2 is 1.78 bits per heavy atom. The first-order valence-electron chi connectivity index (χ1n) is 8.61. The zero-order chi connectivity index (χ0) is 19.6. The number of benzene rings is 2. The van der Waals surface area contributed by atoms with Crippen LogP contribution in [0.3, 0.4) is 0 Å². The number of nitrogens with zero attached hydrogens (tertiary/aromatic N) is 1. The summed E-state index contributed by atoms with van der Waals surface area (Å²) in [6, 6.07) is 13.3. The second kappa shape index (κ2) is 7.50. The fraction of sp³-hybridized carbons (Fsp3) is 0.263. The number of hydrogen-bond donors (Lipinski definition) is 2.